The molecule has 86 valence electrons. The fourth-order valence-corrected chi connectivity index (χ4v) is 2.00. The summed E-state index contributed by atoms with van der Waals surface area (Å²) in [5.74, 6) is -0.588. The minimum atomic E-state index is -1.01. The van der Waals surface area contributed by atoms with E-state index in [2.05, 4.69) is 0 Å². The number of aromatic carboxylic acids is 1. The van der Waals surface area contributed by atoms with E-state index in [4.69, 9.17) is 16.3 Å². The first-order valence-electron chi connectivity index (χ1n) is 4.92. The van der Waals surface area contributed by atoms with E-state index in [1.54, 1.807) is 13.0 Å². The van der Waals surface area contributed by atoms with Gasteiger partial charge in [0.1, 0.15) is 12.2 Å². The minimum absolute atomic E-state index is 0.161. The van der Waals surface area contributed by atoms with Gasteiger partial charge in [-0.2, -0.15) is 0 Å². The highest BCUT2D eigenvalue weighted by Gasteiger charge is 2.25. The molecule has 1 heterocycles. The van der Waals surface area contributed by atoms with Crippen molar-refractivity contribution in [3.63, 3.8) is 0 Å². The Hall–Kier alpha value is -1.42. The topological polar surface area (TPSA) is 49.8 Å². The number of carboxylic acid groups (broad SMARTS) is 1. The molecule has 5 heteroatoms. The van der Waals surface area contributed by atoms with Crippen LogP contribution in [0.5, 0.6) is 5.75 Å². The predicted octanol–water partition coefficient (Wildman–Crippen LogP) is 2.18. The van der Waals surface area contributed by atoms with Crippen molar-refractivity contribution in [2.24, 2.45) is 0 Å². The molecule has 1 N–H and O–H groups in total. The number of hydrogen-bond acceptors (Lipinski definition) is 3. The molecule has 0 bridgehead atoms. The fraction of sp³-hybridized carbons (Fsp3) is 0.364. The monoisotopic (exact) mass is 241 g/mol. The van der Waals surface area contributed by atoms with Crippen molar-refractivity contribution in [3.8, 4) is 5.75 Å². The predicted molar refractivity (Wildman–Crippen MR) is 61.9 cm³/mol. The van der Waals surface area contributed by atoms with Crippen LogP contribution in [0.3, 0.4) is 0 Å². The third-order valence-corrected chi connectivity index (χ3v) is 3.15. The van der Waals surface area contributed by atoms with E-state index in [0.717, 1.165) is 12.2 Å². The van der Waals surface area contributed by atoms with Crippen LogP contribution in [0.1, 0.15) is 15.9 Å². The van der Waals surface area contributed by atoms with Crippen LogP contribution in [0.15, 0.2) is 6.07 Å². The normalized spacial score (nSPS) is 14.3. The third kappa shape index (κ3) is 1.59. The lowest BCUT2D eigenvalue weighted by Gasteiger charge is -2.29. The zero-order chi connectivity index (χ0) is 11.9. The summed E-state index contributed by atoms with van der Waals surface area (Å²) < 4.78 is 5.44. The molecule has 0 aromatic heterocycles. The molecule has 0 atom stereocenters. The van der Waals surface area contributed by atoms with Gasteiger partial charge >= 0.3 is 5.97 Å². The molecule has 0 amide bonds. The highest BCUT2D eigenvalue weighted by Crippen LogP contribution is 2.39. The minimum Gasteiger partial charge on any atom is -0.489 e. The van der Waals surface area contributed by atoms with Gasteiger partial charge in [-0.15, -0.1) is 0 Å². The van der Waals surface area contributed by atoms with Gasteiger partial charge < -0.3 is 14.7 Å². The summed E-state index contributed by atoms with van der Waals surface area (Å²) in [5, 5.41) is 9.63. The maximum absolute atomic E-state index is 11.2. The van der Waals surface area contributed by atoms with Crippen molar-refractivity contribution in [1.82, 2.24) is 0 Å². The molecule has 4 nitrogen and oxygen atoms in total. The van der Waals surface area contributed by atoms with Crippen LogP contribution in [0, 0.1) is 6.92 Å². The second-order valence-corrected chi connectivity index (χ2v) is 4.19. The average molecular weight is 242 g/mol. The van der Waals surface area contributed by atoms with Gasteiger partial charge in [0.05, 0.1) is 12.2 Å². The van der Waals surface area contributed by atoms with E-state index in [0.29, 0.717) is 22.9 Å². The summed E-state index contributed by atoms with van der Waals surface area (Å²) >= 11 is 6.01. The Morgan fingerprint density at radius 1 is 1.62 bits per heavy atom. The average Bonchev–Trinajstić information content (AvgIpc) is 2.21. The molecule has 0 spiro atoms. The zero-order valence-electron chi connectivity index (χ0n) is 9.08. The van der Waals surface area contributed by atoms with Crippen molar-refractivity contribution in [1.29, 1.82) is 0 Å². The number of ether oxygens (including phenoxy) is 1. The summed E-state index contributed by atoms with van der Waals surface area (Å²) in [6.45, 7) is 2.90. The Kier molecular flexibility index (Phi) is 2.68. The lowest BCUT2D eigenvalue weighted by molar-refractivity contribution is 0.0691. The molecule has 0 aliphatic carbocycles. The summed E-state index contributed by atoms with van der Waals surface area (Å²) in [4.78, 5) is 13.1. The second kappa shape index (κ2) is 3.87. The number of halogens is 1. The van der Waals surface area contributed by atoms with Crippen LogP contribution in [0.2, 0.25) is 5.02 Å². The lowest BCUT2D eigenvalue weighted by Crippen LogP contribution is -2.30. The summed E-state index contributed by atoms with van der Waals surface area (Å²) in [6.07, 6.45) is 0. The Bertz CT molecular complexity index is 459. The molecular formula is C11H12ClNO3. The van der Waals surface area contributed by atoms with Crippen molar-refractivity contribution < 1.29 is 14.6 Å². The number of hydrogen-bond donors (Lipinski definition) is 1. The molecule has 1 aromatic carbocycles. The number of benzene rings is 1. The molecule has 1 aromatic rings. The van der Waals surface area contributed by atoms with Crippen LogP contribution in [0.4, 0.5) is 5.69 Å². The molecule has 1 aliphatic heterocycles. The van der Waals surface area contributed by atoms with Crippen molar-refractivity contribution in [2.75, 3.05) is 25.1 Å². The third-order valence-electron chi connectivity index (χ3n) is 2.75. The second-order valence-electron chi connectivity index (χ2n) is 3.78. The molecule has 0 saturated heterocycles. The van der Waals surface area contributed by atoms with Crippen molar-refractivity contribution in [3.05, 3.63) is 22.2 Å². The lowest BCUT2D eigenvalue weighted by atomic mass is 10.0. The maximum atomic E-state index is 11.2. The first kappa shape index (κ1) is 11.1. The number of carbonyl (C=O) groups is 1. The molecule has 0 unspecified atom stereocenters. The van der Waals surface area contributed by atoms with Gasteiger partial charge in [-0.05, 0) is 18.6 Å². The summed E-state index contributed by atoms with van der Waals surface area (Å²) in [5.41, 5.74) is 1.44. The van der Waals surface area contributed by atoms with E-state index < -0.39 is 5.97 Å². The van der Waals surface area contributed by atoms with Gasteiger partial charge in [0.2, 0.25) is 0 Å². The Morgan fingerprint density at radius 2 is 2.31 bits per heavy atom. The molecular weight excluding hydrogens is 230 g/mol. The Balaban J connectivity index is 2.71. The standard InChI is InChI=1S/C11H12ClNO3/c1-6-7(12)5-8-10(9(6)11(14)15)16-4-3-13(8)2/h5H,3-4H2,1-2H3,(H,14,15). The van der Waals surface area contributed by atoms with Crippen LogP contribution in [0.25, 0.3) is 0 Å². The van der Waals surface area contributed by atoms with E-state index in [1.807, 2.05) is 11.9 Å². The van der Waals surface area contributed by atoms with Crippen LogP contribution in [-0.4, -0.2) is 31.3 Å². The van der Waals surface area contributed by atoms with Crippen molar-refractivity contribution >= 4 is 23.3 Å². The number of carboxylic acids is 1. The zero-order valence-corrected chi connectivity index (χ0v) is 9.84. The summed E-state index contributed by atoms with van der Waals surface area (Å²) in [6, 6.07) is 1.75. The number of nitrogens with zero attached hydrogens (tertiary/aromatic N) is 1. The smallest absolute Gasteiger partial charge is 0.339 e. The number of likely N-dealkylation sites (N-methyl/N-ethyl adjacent to an activating group) is 1. The van der Waals surface area contributed by atoms with Gasteiger partial charge in [0, 0.05) is 12.1 Å². The first-order chi connectivity index (χ1) is 7.52. The molecule has 2 rings (SSSR count). The highest BCUT2D eigenvalue weighted by atomic mass is 35.5. The van der Waals surface area contributed by atoms with E-state index in [-0.39, 0.29) is 5.56 Å². The molecule has 1 aliphatic rings. The van der Waals surface area contributed by atoms with Gasteiger partial charge in [0.25, 0.3) is 0 Å². The maximum Gasteiger partial charge on any atom is 0.339 e. The van der Waals surface area contributed by atoms with Gasteiger partial charge in [-0.25, -0.2) is 4.79 Å². The number of anilines is 1. The quantitative estimate of drug-likeness (QED) is 0.819. The molecule has 16 heavy (non-hydrogen) atoms. The van der Waals surface area contributed by atoms with Gasteiger partial charge in [0.15, 0.2) is 5.75 Å². The molecule has 0 fully saturated rings. The number of rotatable bonds is 1. The summed E-state index contributed by atoms with van der Waals surface area (Å²) in [7, 11) is 1.89. The van der Waals surface area contributed by atoms with E-state index in [1.165, 1.54) is 0 Å². The van der Waals surface area contributed by atoms with Gasteiger partial charge in [-0.1, -0.05) is 11.6 Å². The van der Waals surface area contributed by atoms with Crippen LogP contribution < -0.4 is 9.64 Å². The fourth-order valence-electron chi connectivity index (χ4n) is 1.80. The van der Waals surface area contributed by atoms with E-state index >= 15 is 0 Å². The highest BCUT2D eigenvalue weighted by molar-refractivity contribution is 6.32. The van der Waals surface area contributed by atoms with Crippen LogP contribution in [-0.2, 0) is 0 Å². The number of fused-ring (bicyclic) bond motifs is 1. The SMILES string of the molecule is Cc1c(Cl)cc2c(c1C(=O)O)OCCN2C. The molecule has 0 saturated carbocycles. The first-order valence-corrected chi connectivity index (χ1v) is 5.30. The van der Waals surface area contributed by atoms with Crippen LogP contribution >= 0.6 is 11.6 Å². The van der Waals surface area contributed by atoms with E-state index in [9.17, 15) is 9.90 Å². The Labute approximate surface area is 98.4 Å². The molecule has 0 radical (unpaired) electrons. The van der Waals surface area contributed by atoms with Gasteiger partial charge in [-0.3, -0.25) is 0 Å². The van der Waals surface area contributed by atoms with Crippen molar-refractivity contribution in [2.45, 2.75) is 6.92 Å². The Morgan fingerprint density at radius 3 is 2.94 bits per heavy atom. The largest absolute Gasteiger partial charge is 0.489 e.